The van der Waals surface area contributed by atoms with Crippen LogP contribution in [0.15, 0.2) is 24.3 Å². The molecule has 0 fully saturated rings. The van der Waals surface area contributed by atoms with Crippen LogP contribution >= 0.6 is 0 Å². The first kappa shape index (κ1) is 21.3. The molecule has 0 aliphatic carbocycles. The lowest BCUT2D eigenvalue weighted by atomic mass is 9.81. The summed E-state index contributed by atoms with van der Waals surface area (Å²) in [6.45, 7) is 11.5. The Morgan fingerprint density at radius 1 is 0.880 bits per heavy atom. The molecular formula is C19H27F3O3. The average molecular weight is 360 g/mol. The van der Waals surface area contributed by atoms with E-state index in [0.29, 0.717) is 0 Å². The van der Waals surface area contributed by atoms with E-state index >= 15 is 0 Å². The summed E-state index contributed by atoms with van der Waals surface area (Å²) < 4.78 is 50.6. The van der Waals surface area contributed by atoms with E-state index in [-0.39, 0.29) is 11.0 Å². The third kappa shape index (κ3) is 5.13. The minimum absolute atomic E-state index is 0.151. The van der Waals surface area contributed by atoms with Gasteiger partial charge in [0.1, 0.15) is 5.60 Å². The van der Waals surface area contributed by atoms with Crippen molar-refractivity contribution in [1.29, 1.82) is 0 Å². The quantitative estimate of drug-likeness (QED) is 0.608. The summed E-state index contributed by atoms with van der Waals surface area (Å²) in [4.78, 5) is 11.8. The van der Waals surface area contributed by atoms with Crippen LogP contribution in [0.3, 0.4) is 0 Å². The van der Waals surface area contributed by atoms with Crippen LogP contribution in [0.2, 0.25) is 0 Å². The third-order valence-corrected chi connectivity index (χ3v) is 4.32. The van der Waals surface area contributed by atoms with Gasteiger partial charge in [0.25, 0.3) is 0 Å². The molecular weight excluding hydrogens is 333 g/mol. The maximum absolute atomic E-state index is 13.7. The largest absolute Gasteiger partial charge is 0.510 e. The van der Waals surface area contributed by atoms with Gasteiger partial charge in [-0.05, 0) is 45.1 Å². The molecule has 0 N–H and O–H groups in total. The smallest absolute Gasteiger partial charge is 0.429 e. The molecule has 1 unspecified atom stereocenters. The fourth-order valence-electron chi connectivity index (χ4n) is 2.16. The third-order valence-electron chi connectivity index (χ3n) is 4.32. The molecule has 0 heterocycles. The van der Waals surface area contributed by atoms with E-state index in [0.717, 1.165) is 18.9 Å². The van der Waals surface area contributed by atoms with Crippen LogP contribution in [0.4, 0.5) is 18.0 Å². The molecule has 1 rings (SSSR count). The summed E-state index contributed by atoms with van der Waals surface area (Å²) in [7, 11) is 0. The number of hydrogen-bond acceptors (Lipinski definition) is 3. The zero-order valence-electron chi connectivity index (χ0n) is 15.9. The first-order valence-corrected chi connectivity index (χ1v) is 8.22. The molecule has 0 amide bonds. The Bertz CT molecular complexity index is 598. The highest BCUT2D eigenvalue weighted by atomic mass is 19.4. The van der Waals surface area contributed by atoms with E-state index in [9.17, 15) is 18.0 Å². The lowest BCUT2D eigenvalue weighted by Crippen LogP contribution is -2.44. The number of rotatable bonds is 4. The van der Waals surface area contributed by atoms with E-state index in [4.69, 9.17) is 9.47 Å². The van der Waals surface area contributed by atoms with Gasteiger partial charge in [-0.15, -0.1) is 0 Å². The normalized spacial score (nSPS) is 15.4. The lowest BCUT2D eigenvalue weighted by molar-refractivity contribution is -0.264. The number of carbonyl (C=O) groups is 1. The second kappa shape index (κ2) is 6.89. The predicted molar refractivity (Wildman–Crippen MR) is 90.5 cm³/mol. The van der Waals surface area contributed by atoms with Crippen molar-refractivity contribution in [2.75, 3.05) is 0 Å². The molecule has 0 radical (unpaired) electrons. The van der Waals surface area contributed by atoms with Crippen molar-refractivity contribution in [2.24, 2.45) is 0 Å². The Morgan fingerprint density at radius 2 is 1.32 bits per heavy atom. The van der Waals surface area contributed by atoms with Gasteiger partial charge in [0.15, 0.2) is 0 Å². The summed E-state index contributed by atoms with van der Waals surface area (Å²) in [5.74, 6) is 0. The molecule has 0 bridgehead atoms. The van der Waals surface area contributed by atoms with E-state index in [1.165, 1.54) is 12.1 Å². The molecule has 142 valence electrons. The topological polar surface area (TPSA) is 35.5 Å². The summed E-state index contributed by atoms with van der Waals surface area (Å²) in [5.41, 5.74) is -3.12. The van der Waals surface area contributed by atoms with Gasteiger partial charge in [0, 0.05) is 5.56 Å². The lowest BCUT2D eigenvalue weighted by Gasteiger charge is -2.33. The number of alkyl halides is 3. The van der Waals surface area contributed by atoms with Crippen molar-refractivity contribution >= 4 is 6.16 Å². The highest BCUT2D eigenvalue weighted by Gasteiger charge is 2.56. The van der Waals surface area contributed by atoms with Crippen molar-refractivity contribution in [3.8, 4) is 0 Å². The van der Waals surface area contributed by atoms with Crippen LogP contribution in [0, 0.1) is 0 Å². The fraction of sp³-hybridized carbons (Fsp3) is 0.632. The summed E-state index contributed by atoms with van der Waals surface area (Å²) in [5, 5.41) is 0. The van der Waals surface area contributed by atoms with Crippen LogP contribution in [0.25, 0.3) is 0 Å². The predicted octanol–water partition coefficient (Wildman–Crippen LogP) is 6.10. The number of carbonyl (C=O) groups excluding carboxylic acids is 1. The van der Waals surface area contributed by atoms with E-state index < -0.39 is 23.5 Å². The van der Waals surface area contributed by atoms with Crippen LogP contribution in [0.1, 0.15) is 66.0 Å². The van der Waals surface area contributed by atoms with Gasteiger partial charge in [-0.3, -0.25) is 0 Å². The van der Waals surface area contributed by atoms with Gasteiger partial charge < -0.3 is 9.47 Å². The molecule has 25 heavy (non-hydrogen) atoms. The average Bonchev–Trinajstić information content (AvgIpc) is 2.44. The molecule has 0 saturated carbocycles. The highest BCUT2D eigenvalue weighted by Crippen LogP contribution is 2.43. The molecule has 0 aliphatic rings. The van der Waals surface area contributed by atoms with E-state index in [1.54, 1.807) is 32.9 Å². The molecule has 6 heteroatoms. The van der Waals surface area contributed by atoms with Crippen LogP contribution < -0.4 is 0 Å². The molecule has 0 aliphatic heterocycles. The highest BCUT2D eigenvalue weighted by molar-refractivity contribution is 5.61. The monoisotopic (exact) mass is 360 g/mol. The van der Waals surface area contributed by atoms with E-state index in [1.807, 2.05) is 20.8 Å². The molecule has 0 saturated heterocycles. The molecule has 1 aromatic rings. The van der Waals surface area contributed by atoms with Crippen LogP contribution in [-0.2, 0) is 20.5 Å². The van der Waals surface area contributed by atoms with Crippen molar-refractivity contribution in [3.05, 3.63) is 35.4 Å². The van der Waals surface area contributed by atoms with Crippen molar-refractivity contribution in [2.45, 2.75) is 77.7 Å². The van der Waals surface area contributed by atoms with Gasteiger partial charge in [0.05, 0.1) is 0 Å². The standard InChI is InChI=1S/C19H27F3O3/c1-8-17(5,6)13-9-11-14(12-10-13)18(7,19(20,21)22)25-15(23)24-16(2,3)4/h9-12H,8H2,1-7H3. The number of hydrogen-bond donors (Lipinski definition) is 0. The van der Waals surface area contributed by atoms with Crippen LogP contribution in [0.5, 0.6) is 0 Å². The Balaban J connectivity index is 3.21. The van der Waals surface area contributed by atoms with Gasteiger partial charge in [-0.1, -0.05) is 45.0 Å². The number of benzene rings is 1. The summed E-state index contributed by atoms with van der Waals surface area (Å²) in [6.07, 6.45) is -5.30. The van der Waals surface area contributed by atoms with Crippen molar-refractivity contribution in [1.82, 2.24) is 0 Å². The molecule has 1 aromatic carbocycles. The zero-order chi connectivity index (χ0) is 19.7. The Hall–Kier alpha value is -1.72. The second-order valence-electron chi connectivity index (χ2n) is 7.91. The van der Waals surface area contributed by atoms with Crippen molar-refractivity contribution < 1.29 is 27.4 Å². The maximum Gasteiger partial charge on any atom is 0.510 e. The molecule has 1 atom stereocenters. The second-order valence-corrected chi connectivity index (χ2v) is 7.91. The Morgan fingerprint density at radius 3 is 1.68 bits per heavy atom. The minimum Gasteiger partial charge on any atom is -0.429 e. The van der Waals surface area contributed by atoms with Crippen LogP contribution in [-0.4, -0.2) is 17.9 Å². The Kier molecular flexibility index (Phi) is 5.87. The zero-order valence-corrected chi connectivity index (χ0v) is 15.9. The van der Waals surface area contributed by atoms with E-state index in [2.05, 4.69) is 0 Å². The molecule has 0 spiro atoms. The number of halogens is 3. The van der Waals surface area contributed by atoms with Gasteiger partial charge in [-0.2, -0.15) is 13.2 Å². The maximum atomic E-state index is 13.7. The summed E-state index contributed by atoms with van der Waals surface area (Å²) in [6, 6.07) is 5.98. The van der Waals surface area contributed by atoms with Crippen molar-refractivity contribution in [3.63, 3.8) is 0 Å². The molecule has 3 nitrogen and oxygen atoms in total. The molecule has 0 aromatic heterocycles. The first-order chi connectivity index (χ1) is 11.1. The van der Waals surface area contributed by atoms with Gasteiger partial charge in [-0.25, -0.2) is 4.79 Å². The fourth-order valence-corrected chi connectivity index (χ4v) is 2.16. The SMILES string of the molecule is CCC(C)(C)c1ccc(C(C)(OC(=O)OC(C)(C)C)C(F)(F)F)cc1. The van der Waals surface area contributed by atoms with Gasteiger partial charge in [0.2, 0.25) is 5.60 Å². The Labute approximate surface area is 147 Å². The summed E-state index contributed by atoms with van der Waals surface area (Å²) >= 11 is 0. The van der Waals surface area contributed by atoms with Gasteiger partial charge >= 0.3 is 12.3 Å². The number of ether oxygens (including phenoxy) is 2. The minimum atomic E-state index is -4.79. The first-order valence-electron chi connectivity index (χ1n) is 8.22.